The lowest BCUT2D eigenvalue weighted by Crippen LogP contribution is -2.44. The molecule has 1 saturated carbocycles. The summed E-state index contributed by atoms with van der Waals surface area (Å²) >= 11 is 0. The van der Waals surface area contributed by atoms with Gasteiger partial charge in [0.1, 0.15) is 0 Å². The average Bonchev–Trinajstić information content (AvgIpc) is 2.28. The number of hydrogen-bond acceptors (Lipinski definition) is 3. The maximum Gasteiger partial charge on any atom is 0.0804 e. The van der Waals surface area contributed by atoms with Gasteiger partial charge in [-0.2, -0.15) is 0 Å². The highest BCUT2D eigenvalue weighted by atomic mass is 16.5. The second-order valence-corrected chi connectivity index (χ2v) is 5.17. The monoisotopic (exact) mass is 215 g/mol. The molecule has 0 spiro atoms. The van der Waals surface area contributed by atoms with Crippen LogP contribution in [0.1, 0.15) is 39.5 Å². The zero-order valence-corrected chi connectivity index (χ0v) is 10.0. The number of aliphatic hydroxyl groups excluding tert-OH is 1. The van der Waals surface area contributed by atoms with Gasteiger partial charge in [0, 0.05) is 19.1 Å². The van der Waals surface area contributed by atoms with E-state index >= 15 is 0 Å². The summed E-state index contributed by atoms with van der Waals surface area (Å²) in [6.07, 6.45) is 4.57. The highest BCUT2D eigenvalue weighted by Gasteiger charge is 2.33. The van der Waals surface area contributed by atoms with Crippen LogP contribution in [0.5, 0.6) is 0 Å². The van der Waals surface area contributed by atoms with Crippen LogP contribution in [-0.4, -0.2) is 30.5 Å². The molecule has 1 aliphatic rings. The van der Waals surface area contributed by atoms with Gasteiger partial charge in [-0.3, -0.25) is 0 Å². The van der Waals surface area contributed by atoms with E-state index in [0.29, 0.717) is 13.2 Å². The summed E-state index contributed by atoms with van der Waals surface area (Å²) in [5, 5.41) is 8.95. The second kappa shape index (κ2) is 5.83. The molecule has 0 saturated heterocycles. The molecular formula is C12H25NO2. The van der Waals surface area contributed by atoms with E-state index in [1.807, 2.05) is 6.92 Å². The van der Waals surface area contributed by atoms with Crippen molar-refractivity contribution in [2.24, 2.45) is 17.6 Å². The molecule has 1 atom stereocenters. The molecule has 0 aromatic carbocycles. The topological polar surface area (TPSA) is 55.5 Å². The molecule has 0 radical (unpaired) electrons. The summed E-state index contributed by atoms with van der Waals surface area (Å²) in [6.45, 7) is 5.71. The highest BCUT2D eigenvalue weighted by Crippen LogP contribution is 2.34. The number of aliphatic hydroxyl groups is 1. The molecule has 3 nitrogen and oxygen atoms in total. The van der Waals surface area contributed by atoms with Crippen LogP contribution in [0.15, 0.2) is 0 Å². The maximum atomic E-state index is 8.95. The van der Waals surface area contributed by atoms with E-state index in [0.717, 1.165) is 18.8 Å². The van der Waals surface area contributed by atoms with E-state index < -0.39 is 0 Å². The first-order valence-corrected chi connectivity index (χ1v) is 6.07. The zero-order valence-electron chi connectivity index (χ0n) is 10.0. The third kappa shape index (κ3) is 3.74. The van der Waals surface area contributed by atoms with E-state index in [9.17, 15) is 0 Å². The molecule has 0 heterocycles. The number of ether oxygens (including phenoxy) is 1. The molecule has 1 aliphatic carbocycles. The summed E-state index contributed by atoms with van der Waals surface area (Å²) in [6, 6.07) is 0. The Morgan fingerprint density at radius 2 is 2.07 bits per heavy atom. The average molecular weight is 215 g/mol. The van der Waals surface area contributed by atoms with Gasteiger partial charge in [-0.05, 0) is 31.6 Å². The first-order chi connectivity index (χ1) is 7.12. The van der Waals surface area contributed by atoms with Crippen LogP contribution >= 0.6 is 0 Å². The van der Waals surface area contributed by atoms with Gasteiger partial charge in [-0.25, -0.2) is 0 Å². The first-order valence-electron chi connectivity index (χ1n) is 6.07. The Balaban J connectivity index is 2.39. The van der Waals surface area contributed by atoms with Crippen LogP contribution in [0.4, 0.5) is 0 Å². The Labute approximate surface area is 93.0 Å². The quantitative estimate of drug-likeness (QED) is 0.731. The Morgan fingerprint density at radius 1 is 1.47 bits per heavy atom. The van der Waals surface area contributed by atoms with E-state index in [4.69, 9.17) is 15.6 Å². The summed E-state index contributed by atoms with van der Waals surface area (Å²) in [4.78, 5) is 0. The van der Waals surface area contributed by atoms with Gasteiger partial charge >= 0.3 is 0 Å². The lowest BCUT2D eigenvalue weighted by molar-refractivity contribution is -0.0854. The standard InChI is InChI=1S/C12H25NO2/c1-10-3-5-12(9-13,6-4-10)15-8-11(2)7-14/h10-11,14H,3-9,13H2,1-2H3. The molecular weight excluding hydrogens is 190 g/mol. The van der Waals surface area contributed by atoms with Crippen molar-refractivity contribution in [2.75, 3.05) is 19.8 Å². The van der Waals surface area contributed by atoms with Crippen LogP contribution in [0.25, 0.3) is 0 Å². The van der Waals surface area contributed by atoms with Crippen molar-refractivity contribution in [3.63, 3.8) is 0 Å². The molecule has 0 aromatic rings. The van der Waals surface area contributed by atoms with Gasteiger partial charge in [-0.15, -0.1) is 0 Å². The number of rotatable bonds is 5. The lowest BCUT2D eigenvalue weighted by atomic mass is 9.79. The van der Waals surface area contributed by atoms with Crippen LogP contribution in [0.3, 0.4) is 0 Å². The molecule has 1 fully saturated rings. The minimum Gasteiger partial charge on any atom is -0.396 e. The van der Waals surface area contributed by atoms with Crippen LogP contribution < -0.4 is 5.73 Å². The van der Waals surface area contributed by atoms with E-state index in [-0.39, 0.29) is 18.1 Å². The molecule has 0 bridgehead atoms. The smallest absolute Gasteiger partial charge is 0.0804 e. The van der Waals surface area contributed by atoms with Gasteiger partial charge < -0.3 is 15.6 Å². The van der Waals surface area contributed by atoms with Gasteiger partial charge in [-0.1, -0.05) is 13.8 Å². The number of hydrogen-bond donors (Lipinski definition) is 2. The summed E-state index contributed by atoms with van der Waals surface area (Å²) in [5.41, 5.74) is 5.72. The molecule has 0 aliphatic heterocycles. The fourth-order valence-corrected chi connectivity index (χ4v) is 2.07. The normalized spacial score (nSPS) is 34.0. The van der Waals surface area contributed by atoms with Crippen molar-refractivity contribution in [2.45, 2.75) is 45.1 Å². The largest absolute Gasteiger partial charge is 0.396 e. The zero-order chi connectivity index (χ0) is 11.3. The molecule has 1 unspecified atom stereocenters. The van der Waals surface area contributed by atoms with Crippen molar-refractivity contribution in [3.05, 3.63) is 0 Å². The van der Waals surface area contributed by atoms with Crippen molar-refractivity contribution in [1.82, 2.24) is 0 Å². The predicted molar refractivity (Wildman–Crippen MR) is 61.6 cm³/mol. The Hall–Kier alpha value is -0.120. The second-order valence-electron chi connectivity index (χ2n) is 5.17. The van der Waals surface area contributed by atoms with Gasteiger partial charge in [0.2, 0.25) is 0 Å². The van der Waals surface area contributed by atoms with Gasteiger partial charge in [0.15, 0.2) is 0 Å². The molecule has 0 amide bonds. The van der Waals surface area contributed by atoms with E-state index in [1.54, 1.807) is 0 Å². The van der Waals surface area contributed by atoms with Crippen molar-refractivity contribution in [1.29, 1.82) is 0 Å². The highest BCUT2D eigenvalue weighted by molar-refractivity contribution is 4.87. The minimum atomic E-state index is -0.101. The summed E-state index contributed by atoms with van der Waals surface area (Å²) in [7, 11) is 0. The molecule has 0 aromatic heterocycles. The Morgan fingerprint density at radius 3 is 2.53 bits per heavy atom. The van der Waals surface area contributed by atoms with E-state index in [1.165, 1.54) is 12.8 Å². The molecule has 15 heavy (non-hydrogen) atoms. The first kappa shape index (κ1) is 12.9. The van der Waals surface area contributed by atoms with Gasteiger partial charge in [0.25, 0.3) is 0 Å². The van der Waals surface area contributed by atoms with E-state index in [2.05, 4.69) is 6.92 Å². The Kier molecular flexibility index (Phi) is 5.03. The molecule has 3 heteroatoms. The predicted octanol–water partition coefficient (Wildman–Crippen LogP) is 1.54. The van der Waals surface area contributed by atoms with Gasteiger partial charge in [0.05, 0.1) is 12.2 Å². The maximum absolute atomic E-state index is 8.95. The van der Waals surface area contributed by atoms with Crippen LogP contribution in [-0.2, 0) is 4.74 Å². The third-order valence-electron chi connectivity index (χ3n) is 3.54. The molecule has 3 N–H and O–H groups in total. The SMILES string of the molecule is CC1CCC(CN)(OCC(C)CO)CC1. The minimum absolute atomic E-state index is 0.101. The molecule has 1 rings (SSSR count). The van der Waals surface area contributed by atoms with Crippen LogP contribution in [0, 0.1) is 11.8 Å². The van der Waals surface area contributed by atoms with Crippen molar-refractivity contribution < 1.29 is 9.84 Å². The van der Waals surface area contributed by atoms with Crippen molar-refractivity contribution in [3.8, 4) is 0 Å². The Bertz CT molecular complexity index is 176. The molecule has 90 valence electrons. The fraction of sp³-hybridized carbons (Fsp3) is 1.00. The number of nitrogens with two attached hydrogens (primary N) is 1. The fourth-order valence-electron chi connectivity index (χ4n) is 2.07. The van der Waals surface area contributed by atoms with Crippen LogP contribution in [0.2, 0.25) is 0 Å². The lowest BCUT2D eigenvalue weighted by Gasteiger charge is -2.39. The summed E-state index contributed by atoms with van der Waals surface area (Å²) < 4.78 is 5.94. The summed E-state index contributed by atoms with van der Waals surface area (Å²) in [5.74, 6) is 1.02. The third-order valence-corrected chi connectivity index (χ3v) is 3.54. The van der Waals surface area contributed by atoms with Crippen molar-refractivity contribution >= 4 is 0 Å².